The van der Waals surface area contributed by atoms with Crippen molar-refractivity contribution in [3.63, 3.8) is 0 Å². The average Bonchev–Trinajstić information content (AvgIpc) is 2.76. The highest BCUT2D eigenvalue weighted by Crippen LogP contribution is 2.47. The van der Waals surface area contributed by atoms with Gasteiger partial charge in [-0.2, -0.15) is 0 Å². The summed E-state index contributed by atoms with van der Waals surface area (Å²) in [5.74, 6) is 0.915. The van der Waals surface area contributed by atoms with Crippen molar-refractivity contribution in [1.29, 1.82) is 0 Å². The van der Waals surface area contributed by atoms with Crippen LogP contribution in [0.25, 0.3) is 33.0 Å². The third kappa shape index (κ3) is 1.11. The highest BCUT2D eigenvalue weighted by molar-refractivity contribution is 6.15. The van der Waals surface area contributed by atoms with E-state index in [-0.39, 0.29) is 0 Å². The second-order valence-corrected chi connectivity index (χ2v) is 4.62. The number of fused-ring (bicyclic) bond motifs is 3. The molecule has 3 aromatic carbocycles. The summed E-state index contributed by atoms with van der Waals surface area (Å²) >= 11 is 0. The molecule has 0 heterocycles. The topological polar surface area (TPSA) is 9.23 Å². The van der Waals surface area contributed by atoms with Gasteiger partial charge in [0.2, 0.25) is 0 Å². The minimum absolute atomic E-state index is 0.915. The molecule has 1 nitrogen and oxygen atoms in total. The zero-order valence-electron chi connectivity index (χ0n) is 10.1. The van der Waals surface area contributed by atoms with Gasteiger partial charge in [-0.25, -0.2) is 0 Å². The molecule has 0 fully saturated rings. The zero-order valence-corrected chi connectivity index (χ0v) is 10.1. The van der Waals surface area contributed by atoms with Crippen LogP contribution in [-0.2, 0) is 0 Å². The Labute approximate surface area is 106 Å². The Bertz CT molecular complexity index is 766. The van der Waals surface area contributed by atoms with E-state index in [1.165, 1.54) is 33.0 Å². The molecule has 1 heteroatoms. The average molecular weight is 232 g/mol. The number of hydrogen-bond donors (Lipinski definition) is 0. The molecule has 0 unspecified atom stereocenters. The quantitative estimate of drug-likeness (QED) is 0.469. The molecule has 0 radical (unpaired) electrons. The van der Waals surface area contributed by atoms with Crippen molar-refractivity contribution in [1.82, 2.24) is 0 Å². The lowest BCUT2D eigenvalue weighted by molar-refractivity contribution is 0.415. The van der Waals surface area contributed by atoms with Crippen LogP contribution in [0.3, 0.4) is 0 Å². The largest absolute Gasteiger partial charge is 0.497 e. The predicted molar refractivity (Wildman–Crippen MR) is 74.9 cm³/mol. The van der Waals surface area contributed by atoms with Crippen LogP contribution in [-0.4, -0.2) is 7.11 Å². The summed E-state index contributed by atoms with van der Waals surface area (Å²) in [5, 5.41) is 2.67. The summed E-state index contributed by atoms with van der Waals surface area (Å²) in [6, 6.07) is 19.3. The second kappa shape index (κ2) is 3.36. The van der Waals surface area contributed by atoms with Gasteiger partial charge < -0.3 is 4.74 Å². The van der Waals surface area contributed by atoms with Gasteiger partial charge in [0.15, 0.2) is 0 Å². The number of hydrogen-bond acceptors (Lipinski definition) is 1. The zero-order chi connectivity index (χ0) is 12.1. The molecule has 0 aromatic heterocycles. The Kier molecular flexibility index (Phi) is 1.81. The summed E-state index contributed by atoms with van der Waals surface area (Å²) in [6.45, 7) is 0. The molecular weight excluding hydrogens is 220 g/mol. The Morgan fingerprint density at radius 1 is 0.722 bits per heavy atom. The van der Waals surface area contributed by atoms with Gasteiger partial charge in [0.05, 0.1) is 7.11 Å². The van der Waals surface area contributed by atoms with Crippen LogP contribution in [0, 0.1) is 0 Å². The maximum Gasteiger partial charge on any atom is 0.119 e. The number of ether oxygens (including phenoxy) is 1. The highest BCUT2D eigenvalue weighted by atomic mass is 16.5. The minimum atomic E-state index is 0.915. The van der Waals surface area contributed by atoms with Crippen LogP contribution in [0.5, 0.6) is 5.75 Å². The molecule has 3 aromatic rings. The van der Waals surface area contributed by atoms with Gasteiger partial charge in [-0.15, -0.1) is 0 Å². The first-order valence-electron chi connectivity index (χ1n) is 6.09. The molecular formula is C17H12O. The van der Waals surface area contributed by atoms with E-state index >= 15 is 0 Å². The maximum absolute atomic E-state index is 5.33. The second-order valence-electron chi connectivity index (χ2n) is 4.62. The lowest BCUT2D eigenvalue weighted by Crippen LogP contribution is -1.83. The normalized spacial score (nSPS) is 11.6. The first kappa shape index (κ1) is 9.72. The van der Waals surface area contributed by atoms with Crippen LogP contribution in [0.1, 0.15) is 0 Å². The summed E-state index contributed by atoms with van der Waals surface area (Å²) in [5.41, 5.74) is 5.24. The van der Waals surface area contributed by atoms with Crippen LogP contribution >= 0.6 is 0 Å². The van der Waals surface area contributed by atoms with Crippen LogP contribution in [0.4, 0.5) is 0 Å². The van der Waals surface area contributed by atoms with Crippen molar-refractivity contribution < 1.29 is 4.74 Å². The monoisotopic (exact) mass is 232 g/mol. The van der Waals surface area contributed by atoms with Crippen molar-refractivity contribution in [3.05, 3.63) is 54.6 Å². The maximum atomic E-state index is 5.33. The predicted octanol–water partition coefficient (Wildman–Crippen LogP) is 4.50. The van der Waals surface area contributed by atoms with Gasteiger partial charge >= 0.3 is 0 Å². The Morgan fingerprint density at radius 3 is 2.17 bits per heavy atom. The Balaban J connectivity index is 2.17. The van der Waals surface area contributed by atoms with E-state index in [0.29, 0.717) is 0 Å². The van der Waals surface area contributed by atoms with Crippen molar-refractivity contribution >= 4 is 10.8 Å². The minimum Gasteiger partial charge on any atom is -0.497 e. The van der Waals surface area contributed by atoms with E-state index in [1.54, 1.807) is 7.11 Å². The molecule has 1 aliphatic rings. The molecule has 0 aliphatic heterocycles. The van der Waals surface area contributed by atoms with E-state index in [2.05, 4.69) is 48.5 Å². The van der Waals surface area contributed by atoms with Gasteiger partial charge in [0, 0.05) is 0 Å². The molecule has 0 saturated heterocycles. The molecule has 86 valence electrons. The Morgan fingerprint density at radius 2 is 1.44 bits per heavy atom. The molecule has 1 aliphatic carbocycles. The van der Waals surface area contributed by atoms with Gasteiger partial charge in [-0.05, 0) is 45.2 Å². The van der Waals surface area contributed by atoms with E-state index in [0.717, 1.165) is 5.75 Å². The van der Waals surface area contributed by atoms with Gasteiger partial charge in [0.1, 0.15) is 5.75 Å². The smallest absolute Gasteiger partial charge is 0.119 e. The van der Waals surface area contributed by atoms with Crippen LogP contribution in [0.15, 0.2) is 54.6 Å². The number of methoxy groups -OCH3 is 1. The standard InChI is InChI=1S/C17H12O/c1-18-12-8-9-13-14-6-2-4-11-5-3-7-15(17(11)14)16(13)10-12/h2-10H,1H3. The number of benzene rings is 3. The summed E-state index contributed by atoms with van der Waals surface area (Å²) < 4.78 is 5.33. The van der Waals surface area contributed by atoms with E-state index in [1.807, 2.05) is 6.07 Å². The summed E-state index contributed by atoms with van der Waals surface area (Å²) in [4.78, 5) is 0. The fourth-order valence-electron chi connectivity index (χ4n) is 2.90. The van der Waals surface area contributed by atoms with Crippen molar-refractivity contribution in [2.45, 2.75) is 0 Å². The van der Waals surface area contributed by atoms with Gasteiger partial charge in [-0.1, -0.05) is 42.5 Å². The lowest BCUT2D eigenvalue weighted by Gasteiger charge is -2.04. The van der Waals surface area contributed by atoms with Crippen LogP contribution in [0.2, 0.25) is 0 Å². The van der Waals surface area contributed by atoms with E-state index in [9.17, 15) is 0 Å². The van der Waals surface area contributed by atoms with Gasteiger partial charge in [-0.3, -0.25) is 0 Å². The number of rotatable bonds is 1. The van der Waals surface area contributed by atoms with Crippen molar-refractivity contribution in [2.75, 3.05) is 7.11 Å². The molecule has 0 spiro atoms. The molecule has 0 atom stereocenters. The molecule has 0 amide bonds. The molecule has 0 N–H and O–H groups in total. The summed E-state index contributed by atoms with van der Waals surface area (Å²) in [7, 11) is 1.71. The highest BCUT2D eigenvalue weighted by Gasteiger charge is 2.20. The van der Waals surface area contributed by atoms with Crippen LogP contribution < -0.4 is 4.74 Å². The van der Waals surface area contributed by atoms with Gasteiger partial charge in [0.25, 0.3) is 0 Å². The third-order valence-corrected chi connectivity index (χ3v) is 3.71. The molecule has 18 heavy (non-hydrogen) atoms. The first-order chi connectivity index (χ1) is 8.88. The SMILES string of the molecule is COc1ccc2c(c1)-c1cccc3cccc-2c13. The molecule has 4 rings (SSSR count). The van der Waals surface area contributed by atoms with Crippen molar-refractivity contribution in [3.8, 4) is 28.0 Å². The van der Waals surface area contributed by atoms with E-state index < -0.39 is 0 Å². The Hall–Kier alpha value is -2.28. The molecule has 0 saturated carbocycles. The lowest BCUT2D eigenvalue weighted by atomic mass is 10.0. The third-order valence-electron chi connectivity index (χ3n) is 3.71. The van der Waals surface area contributed by atoms with E-state index in [4.69, 9.17) is 4.74 Å². The molecule has 0 bridgehead atoms. The van der Waals surface area contributed by atoms with Crippen molar-refractivity contribution in [2.24, 2.45) is 0 Å². The fraction of sp³-hybridized carbons (Fsp3) is 0.0588. The first-order valence-corrected chi connectivity index (χ1v) is 6.09. The summed E-state index contributed by atoms with van der Waals surface area (Å²) in [6.07, 6.45) is 0. The fourth-order valence-corrected chi connectivity index (χ4v) is 2.90.